The van der Waals surface area contributed by atoms with Gasteiger partial charge in [0, 0.05) is 17.2 Å². The van der Waals surface area contributed by atoms with E-state index in [1.54, 1.807) is 26.0 Å². The van der Waals surface area contributed by atoms with Gasteiger partial charge in [-0.15, -0.1) is 0 Å². The number of Topliss-reactive ketones (excluding diaryl/α,β-unsaturated/α-hetero) is 1. The molecular formula is C18H17BrFNO4. The molecule has 0 saturated carbocycles. The number of ketones is 1. The molecule has 0 radical (unpaired) electrons. The van der Waals surface area contributed by atoms with Gasteiger partial charge >= 0.3 is 5.97 Å². The number of benzene rings is 1. The van der Waals surface area contributed by atoms with Gasteiger partial charge in [-0.05, 0) is 47.5 Å². The summed E-state index contributed by atoms with van der Waals surface area (Å²) in [5, 5.41) is 0. The summed E-state index contributed by atoms with van der Waals surface area (Å²) in [5.74, 6) is -2.44. The van der Waals surface area contributed by atoms with Crippen LogP contribution in [0.3, 0.4) is 0 Å². The van der Waals surface area contributed by atoms with Crippen molar-refractivity contribution in [2.24, 2.45) is 10.9 Å². The molecule has 5 nitrogen and oxygen atoms in total. The average molecular weight is 410 g/mol. The van der Waals surface area contributed by atoms with Crippen molar-refractivity contribution in [1.29, 1.82) is 0 Å². The van der Waals surface area contributed by atoms with Crippen LogP contribution in [0.15, 0.2) is 38.9 Å². The van der Waals surface area contributed by atoms with Crippen molar-refractivity contribution in [3.05, 3.63) is 45.3 Å². The first-order valence-electron chi connectivity index (χ1n) is 7.82. The number of methoxy groups -OCH3 is 1. The number of rotatable bonds is 2. The van der Waals surface area contributed by atoms with Crippen LogP contribution in [-0.2, 0) is 19.1 Å². The summed E-state index contributed by atoms with van der Waals surface area (Å²) >= 11 is 3.17. The highest BCUT2D eigenvalue weighted by atomic mass is 79.9. The van der Waals surface area contributed by atoms with Gasteiger partial charge in [-0.1, -0.05) is 6.07 Å². The van der Waals surface area contributed by atoms with E-state index < -0.39 is 29.7 Å². The summed E-state index contributed by atoms with van der Waals surface area (Å²) in [6, 6.07) is 4.48. The molecule has 3 rings (SSSR count). The smallest absolute Gasteiger partial charge is 0.315 e. The Kier molecular flexibility index (Phi) is 4.88. The fourth-order valence-corrected chi connectivity index (χ4v) is 3.73. The van der Waals surface area contributed by atoms with Crippen LogP contribution in [0.2, 0.25) is 0 Å². The molecule has 7 heteroatoms. The molecule has 2 heterocycles. The normalized spacial score (nSPS) is 26.2. The summed E-state index contributed by atoms with van der Waals surface area (Å²) in [6.45, 7) is 3.59. The predicted octanol–water partition coefficient (Wildman–Crippen LogP) is 3.18. The molecule has 132 valence electrons. The van der Waals surface area contributed by atoms with Crippen LogP contribution in [0.5, 0.6) is 0 Å². The summed E-state index contributed by atoms with van der Waals surface area (Å²) in [5.41, 5.74) is 2.15. The van der Waals surface area contributed by atoms with Crippen LogP contribution in [-0.4, -0.2) is 37.3 Å². The zero-order valence-corrected chi connectivity index (χ0v) is 15.6. The molecule has 3 unspecified atom stereocenters. The van der Waals surface area contributed by atoms with E-state index in [0.29, 0.717) is 22.5 Å². The van der Waals surface area contributed by atoms with Gasteiger partial charge in [-0.25, -0.2) is 4.39 Å². The molecule has 0 fully saturated rings. The molecule has 1 aromatic rings. The average Bonchev–Trinajstić information content (AvgIpc) is 2.59. The van der Waals surface area contributed by atoms with Crippen LogP contribution in [0.25, 0.3) is 0 Å². The Morgan fingerprint density at radius 3 is 2.80 bits per heavy atom. The number of hydrogen-bond donors (Lipinski definition) is 0. The van der Waals surface area contributed by atoms with Gasteiger partial charge < -0.3 is 9.47 Å². The first-order chi connectivity index (χ1) is 11.8. The van der Waals surface area contributed by atoms with Crippen molar-refractivity contribution >= 4 is 33.4 Å². The monoisotopic (exact) mass is 409 g/mol. The van der Waals surface area contributed by atoms with Crippen LogP contribution in [0, 0.1) is 11.7 Å². The lowest BCUT2D eigenvalue weighted by molar-refractivity contribution is -0.143. The Balaban J connectivity index is 2.21. The van der Waals surface area contributed by atoms with E-state index >= 15 is 0 Å². The van der Waals surface area contributed by atoms with Crippen molar-refractivity contribution in [3.8, 4) is 0 Å². The molecule has 1 aromatic carbocycles. The van der Waals surface area contributed by atoms with Crippen LogP contribution in [0.1, 0.15) is 25.3 Å². The summed E-state index contributed by atoms with van der Waals surface area (Å²) < 4.78 is 24.3. The highest BCUT2D eigenvalue weighted by Gasteiger charge is 2.44. The van der Waals surface area contributed by atoms with Gasteiger partial charge in [0.15, 0.2) is 5.78 Å². The molecule has 0 N–H and O–H groups in total. The third-order valence-electron chi connectivity index (χ3n) is 4.58. The first-order valence-corrected chi connectivity index (χ1v) is 8.61. The maximum atomic E-state index is 13.7. The van der Waals surface area contributed by atoms with Gasteiger partial charge in [-0.2, -0.15) is 0 Å². The fourth-order valence-electron chi connectivity index (χ4n) is 3.33. The van der Waals surface area contributed by atoms with E-state index in [1.807, 2.05) is 0 Å². The largest absolute Gasteiger partial charge is 0.468 e. The number of ether oxygens (including phenoxy) is 2. The lowest BCUT2D eigenvalue weighted by Gasteiger charge is -2.35. The molecular weight excluding hydrogens is 393 g/mol. The number of carbonyl (C=O) groups is 2. The topological polar surface area (TPSA) is 65.0 Å². The molecule has 3 atom stereocenters. The predicted molar refractivity (Wildman–Crippen MR) is 92.9 cm³/mol. The van der Waals surface area contributed by atoms with E-state index in [-0.39, 0.29) is 16.9 Å². The third-order valence-corrected chi connectivity index (χ3v) is 5.19. The van der Waals surface area contributed by atoms with E-state index in [1.165, 1.54) is 13.2 Å². The van der Waals surface area contributed by atoms with Crippen molar-refractivity contribution < 1.29 is 23.5 Å². The lowest BCUT2D eigenvalue weighted by Crippen LogP contribution is -2.41. The summed E-state index contributed by atoms with van der Waals surface area (Å²) in [7, 11) is 1.30. The van der Waals surface area contributed by atoms with Gasteiger partial charge in [0.25, 0.3) is 0 Å². The summed E-state index contributed by atoms with van der Waals surface area (Å²) in [4.78, 5) is 29.6. The second kappa shape index (κ2) is 6.80. The molecule has 0 saturated heterocycles. The zero-order valence-electron chi connectivity index (χ0n) is 14.0. The second-order valence-electron chi connectivity index (χ2n) is 6.08. The van der Waals surface area contributed by atoms with E-state index in [4.69, 9.17) is 9.47 Å². The number of esters is 1. The van der Waals surface area contributed by atoms with Gasteiger partial charge in [0.2, 0.25) is 0 Å². The molecule has 2 aliphatic rings. The molecule has 0 spiro atoms. The highest BCUT2D eigenvalue weighted by Crippen LogP contribution is 2.42. The van der Waals surface area contributed by atoms with Crippen LogP contribution >= 0.6 is 15.9 Å². The minimum absolute atomic E-state index is 0.201. The van der Waals surface area contributed by atoms with Crippen molar-refractivity contribution in [3.63, 3.8) is 0 Å². The van der Waals surface area contributed by atoms with Crippen LogP contribution < -0.4 is 0 Å². The Hall–Kier alpha value is -1.86. The molecule has 2 aliphatic heterocycles. The fraction of sp³-hybridized carbons (Fsp3) is 0.389. The number of hydrogen-bond acceptors (Lipinski definition) is 5. The van der Waals surface area contributed by atoms with E-state index in [0.717, 1.165) is 0 Å². The van der Waals surface area contributed by atoms with Crippen LogP contribution in [0.4, 0.5) is 4.39 Å². The lowest BCUT2D eigenvalue weighted by atomic mass is 9.73. The third kappa shape index (κ3) is 3.06. The second-order valence-corrected chi connectivity index (χ2v) is 6.94. The Labute approximate surface area is 153 Å². The summed E-state index contributed by atoms with van der Waals surface area (Å²) in [6.07, 6.45) is -0.614. The van der Waals surface area contributed by atoms with Crippen molar-refractivity contribution in [2.75, 3.05) is 13.7 Å². The molecule has 0 aromatic heterocycles. The zero-order chi connectivity index (χ0) is 18.3. The SMILES string of the molecule is COC(=O)C1C(C)=NC2=C(C(=O)C(C)OC2)C1c1ccc(F)c(Br)c1. The van der Waals surface area contributed by atoms with Gasteiger partial charge in [0.05, 0.1) is 23.9 Å². The van der Waals surface area contributed by atoms with E-state index in [2.05, 4.69) is 20.9 Å². The van der Waals surface area contributed by atoms with Gasteiger partial charge in [0.1, 0.15) is 17.8 Å². The maximum Gasteiger partial charge on any atom is 0.315 e. The number of carbonyl (C=O) groups excluding carboxylic acids is 2. The molecule has 0 aliphatic carbocycles. The Morgan fingerprint density at radius 1 is 1.44 bits per heavy atom. The first kappa shape index (κ1) is 17.9. The number of aliphatic imine (C=N–C) groups is 1. The van der Waals surface area contributed by atoms with E-state index in [9.17, 15) is 14.0 Å². The maximum absolute atomic E-state index is 13.7. The number of halogens is 2. The minimum atomic E-state index is -0.740. The molecule has 25 heavy (non-hydrogen) atoms. The number of nitrogens with zero attached hydrogens (tertiary/aromatic N) is 1. The minimum Gasteiger partial charge on any atom is -0.468 e. The Morgan fingerprint density at radius 2 is 2.16 bits per heavy atom. The Bertz CT molecular complexity index is 817. The van der Waals surface area contributed by atoms with Crippen molar-refractivity contribution in [2.45, 2.75) is 25.9 Å². The quantitative estimate of drug-likeness (QED) is 0.703. The highest BCUT2D eigenvalue weighted by molar-refractivity contribution is 9.10. The van der Waals surface area contributed by atoms with Crippen molar-refractivity contribution in [1.82, 2.24) is 0 Å². The molecule has 0 bridgehead atoms. The standard InChI is InChI=1S/C18H17BrFNO4/c1-8-14(18(23)24-3)15(10-4-5-12(20)11(19)6-10)16-13(21-8)7-25-9(2)17(16)22/h4-6,9,14-15H,7H2,1-3H3. The molecule has 0 amide bonds. The van der Waals surface area contributed by atoms with Gasteiger partial charge in [-0.3, -0.25) is 14.6 Å².